The van der Waals surface area contributed by atoms with Crippen LogP contribution in [0.15, 0.2) is 60.7 Å². The van der Waals surface area contributed by atoms with Crippen molar-refractivity contribution in [1.29, 1.82) is 0 Å². The van der Waals surface area contributed by atoms with Gasteiger partial charge in [0.05, 0.1) is 37.1 Å². The minimum atomic E-state index is -1.06. The van der Waals surface area contributed by atoms with Crippen molar-refractivity contribution in [2.75, 3.05) is 6.61 Å². The molecule has 0 aliphatic carbocycles. The van der Waals surface area contributed by atoms with Crippen LogP contribution in [0.4, 0.5) is 8.78 Å². The number of hydrogen-bond acceptors (Lipinski definition) is 4. The fraction of sp³-hybridized carbons (Fsp3) is 0.400. The second kappa shape index (κ2) is 11.9. The van der Waals surface area contributed by atoms with E-state index in [4.69, 9.17) is 25.8 Å². The van der Waals surface area contributed by atoms with E-state index in [-0.39, 0.29) is 36.5 Å². The van der Waals surface area contributed by atoms with E-state index in [9.17, 15) is 13.9 Å². The SMILES string of the molecule is CCOc1ccc(Cc2cc([C@H]3CC(OCc4ccccc4)CC(C(C)(C)O)O3)ccc2Cl)c(F)c1F. The van der Waals surface area contributed by atoms with E-state index < -0.39 is 23.3 Å². The fourth-order valence-corrected chi connectivity index (χ4v) is 4.77. The summed E-state index contributed by atoms with van der Waals surface area (Å²) in [5, 5.41) is 11.2. The van der Waals surface area contributed by atoms with Crippen LogP contribution in [-0.2, 0) is 22.5 Å². The van der Waals surface area contributed by atoms with E-state index in [1.54, 1.807) is 26.8 Å². The van der Waals surface area contributed by atoms with Crippen LogP contribution in [0.2, 0.25) is 5.02 Å². The first-order valence-corrected chi connectivity index (χ1v) is 12.9. The lowest BCUT2D eigenvalue weighted by atomic mass is 9.88. The predicted molar refractivity (Wildman–Crippen MR) is 140 cm³/mol. The average Bonchev–Trinajstić information content (AvgIpc) is 2.88. The Labute approximate surface area is 222 Å². The lowest BCUT2D eigenvalue weighted by Gasteiger charge is -2.41. The van der Waals surface area contributed by atoms with Gasteiger partial charge in [0, 0.05) is 24.3 Å². The van der Waals surface area contributed by atoms with Gasteiger partial charge >= 0.3 is 0 Å². The number of ether oxygens (including phenoxy) is 3. The smallest absolute Gasteiger partial charge is 0.200 e. The highest BCUT2D eigenvalue weighted by Gasteiger charge is 2.38. The molecule has 3 aromatic carbocycles. The molecule has 0 aromatic heterocycles. The first-order chi connectivity index (χ1) is 17.7. The summed E-state index contributed by atoms with van der Waals surface area (Å²) in [4.78, 5) is 0. The number of halogens is 3. The van der Waals surface area contributed by atoms with Gasteiger partial charge in [0.25, 0.3) is 0 Å². The maximum absolute atomic E-state index is 14.7. The van der Waals surface area contributed by atoms with Gasteiger partial charge < -0.3 is 19.3 Å². The third-order valence-electron chi connectivity index (χ3n) is 6.65. The van der Waals surface area contributed by atoms with E-state index in [2.05, 4.69) is 0 Å². The summed E-state index contributed by atoms with van der Waals surface area (Å²) in [7, 11) is 0. The minimum absolute atomic E-state index is 0.109. The Balaban J connectivity index is 1.55. The summed E-state index contributed by atoms with van der Waals surface area (Å²) >= 11 is 6.46. The van der Waals surface area contributed by atoms with Crippen LogP contribution in [0, 0.1) is 11.6 Å². The third kappa shape index (κ3) is 6.88. The van der Waals surface area contributed by atoms with Crippen LogP contribution in [-0.4, -0.2) is 29.5 Å². The Morgan fingerprint density at radius 1 is 1.00 bits per heavy atom. The maximum Gasteiger partial charge on any atom is 0.200 e. The van der Waals surface area contributed by atoms with Crippen molar-refractivity contribution in [3.8, 4) is 5.75 Å². The molecular formula is C30H33ClF2O4. The van der Waals surface area contributed by atoms with Gasteiger partial charge in [-0.25, -0.2) is 4.39 Å². The first-order valence-electron chi connectivity index (χ1n) is 12.6. The van der Waals surface area contributed by atoms with Gasteiger partial charge in [-0.2, -0.15) is 4.39 Å². The van der Waals surface area contributed by atoms with Crippen molar-refractivity contribution < 1.29 is 28.1 Å². The lowest BCUT2D eigenvalue weighted by Crippen LogP contribution is -2.45. The molecule has 0 spiro atoms. The highest BCUT2D eigenvalue weighted by molar-refractivity contribution is 6.31. The van der Waals surface area contributed by atoms with Crippen LogP contribution in [0.1, 0.15) is 62.0 Å². The zero-order valence-electron chi connectivity index (χ0n) is 21.3. The van der Waals surface area contributed by atoms with E-state index >= 15 is 0 Å². The van der Waals surface area contributed by atoms with E-state index in [1.807, 2.05) is 42.5 Å². The maximum atomic E-state index is 14.7. The third-order valence-corrected chi connectivity index (χ3v) is 7.02. The molecule has 1 fully saturated rings. The molecule has 37 heavy (non-hydrogen) atoms. The highest BCUT2D eigenvalue weighted by Crippen LogP contribution is 2.38. The van der Waals surface area contributed by atoms with Gasteiger partial charge in [-0.3, -0.25) is 0 Å². The van der Waals surface area contributed by atoms with Crippen LogP contribution in [0.5, 0.6) is 5.75 Å². The summed E-state index contributed by atoms with van der Waals surface area (Å²) in [5.74, 6) is -2.06. The fourth-order valence-electron chi connectivity index (χ4n) is 4.59. The Bertz CT molecular complexity index is 1200. The van der Waals surface area contributed by atoms with Crippen molar-refractivity contribution in [2.24, 2.45) is 0 Å². The topological polar surface area (TPSA) is 47.9 Å². The molecule has 1 aliphatic rings. The monoisotopic (exact) mass is 530 g/mol. The second-order valence-electron chi connectivity index (χ2n) is 9.97. The van der Waals surface area contributed by atoms with Crippen molar-refractivity contribution in [3.63, 3.8) is 0 Å². The molecule has 4 nitrogen and oxygen atoms in total. The molecule has 1 saturated heterocycles. The standard InChI is InChI=1S/C30H33ClF2O4/c1-4-35-25-13-11-21(28(32)29(25)33)15-22-14-20(10-12-24(22)31)26-16-23(17-27(37-26)30(2,3)34)36-18-19-8-6-5-7-9-19/h5-14,23,26-27,34H,4,15-18H2,1-3H3/t23?,26-,27?/m1/s1. The molecule has 0 saturated carbocycles. The normalized spacial score (nSPS) is 20.1. The zero-order valence-corrected chi connectivity index (χ0v) is 22.1. The summed E-state index contributed by atoms with van der Waals surface area (Å²) in [6, 6.07) is 18.4. The van der Waals surface area contributed by atoms with Gasteiger partial charge in [0.15, 0.2) is 11.6 Å². The number of benzene rings is 3. The zero-order chi connectivity index (χ0) is 26.6. The van der Waals surface area contributed by atoms with Crippen molar-refractivity contribution >= 4 is 11.6 Å². The molecule has 0 bridgehead atoms. The van der Waals surface area contributed by atoms with Crippen LogP contribution in [0.3, 0.4) is 0 Å². The van der Waals surface area contributed by atoms with Gasteiger partial charge in [0.1, 0.15) is 0 Å². The molecule has 3 aromatic rings. The average molecular weight is 531 g/mol. The van der Waals surface area contributed by atoms with Crippen LogP contribution < -0.4 is 4.74 Å². The summed E-state index contributed by atoms with van der Waals surface area (Å²) < 4.78 is 46.9. The van der Waals surface area contributed by atoms with Gasteiger partial charge in [0.2, 0.25) is 5.82 Å². The molecule has 4 rings (SSSR count). The molecule has 1 heterocycles. The van der Waals surface area contributed by atoms with Crippen LogP contribution in [0.25, 0.3) is 0 Å². The van der Waals surface area contributed by atoms with Gasteiger partial charge in [-0.15, -0.1) is 0 Å². The van der Waals surface area contributed by atoms with Crippen molar-refractivity contribution in [3.05, 3.63) is 99.6 Å². The number of rotatable bonds is 9. The molecule has 7 heteroatoms. The Hall–Kier alpha value is -2.51. The lowest BCUT2D eigenvalue weighted by molar-refractivity contribution is -0.179. The molecule has 0 radical (unpaired) electrons. The predicted octanol–water partition coefficient (Wildman–Crippen LogP) is 7.18. The summed E-state index contributed by atoms with van der Waals surface area (Å²) in [6.45, 7) is 5.87. The van der Waals surface area contributed by atoms with Gasteiger partial charge in [-0.05, 0) is 55.2 Å². The molecule has 0 amide bonds. The molecule has 2 unspecified atom stereocenters. The van der Waals surface area contributed by atoms with Crippen molar-refractivity contribution in [1.82, 2.24) is 0 Å². The summed E-state index contributed by atoms with van der Waals surface area (Å²) in [6.07, 6.45) is 0.327. The van der Waals surface area contributed by atoms with E-state index in [1.165, 1.54) is 12.1 Å². The number of hydrogen-bond donors (Lipinski definition) is 1. The van der Waals surface area contributed by atoms with Gasteiger partial charge in [-0.1, -0.05) is 60.1 Å². The molecular weight excluding hydrogens is 498 g/mol. The Morgan fingerprint density at radius 3 is 2.46 bits per heavy atom. The first kappa shape index (κ1) is 27.5. The van der Waals surface area contributed by atoms with Crippen LogP contribution >= 0.6 is 11.6 Å². The van der Waals surface area contributed by atoms with E-state index in [0.29, 0.717) is 30.0 Å². The van der Waals surface area contributed by atoms with Crippen molar-refractivity contribution in [2.45, 2.75) is 70.6 Å². The Morgan fingerprint density at radius 2 is 1.76 bits per heavy atom. The second-order valence-corrected chi connectivity index (χ2v) is 10.4. The Kier molecular flexibility index (Phi) is 8.86. The number of aliphatic hydroxyl groups is 1. The largest absolute Gasteiger partial charge is 0.491 e. The minimum Gasteiger partial charge on any atom is -0.491 e. The molecule has 1 aliphatic heterocycles. The van der Waals surface area contributed by atoms with E-state index in [0.717, 1.165) is 11.1 Å². The molecule has 3 atom stereocenters. The summed E-state index contributed by atoms with van der Waals surface area (Å²) in [5.41, 5.74) is 1.68. The molecule has 198 valence electrons. The highest BCUT2D eigenvalue weighted by atomic mass is 35.5. The molecule has 1 N–H and O–H groups in total. The quantitative estimate of drug-likeness (QED) is 0.318.